The molecule has 0 aromatic rings. The van der Waals surface area contributed by atoms with E-state index in [0.717, 1.165) is 19.1 Å². The summed E-state index contributed by atoms with van der Waals surface area (Å²) in [5.41, 5.74) is 0. The molecular formula is C18H39O5P. The van der Waals surface area contributed by atoms with Crippen molar-refractivity contribution in [3.63, 3.8) is 0 Å². The Balaban J connectivity index is 0. The maximum absolute atomic E-state index is 10.1. The zero-order valence-electron chi connectivity index (χ0n) is 15.5. The van der Waals surface area contributed by atoms with E-state index in [1.165, 1.54) is 89.9 Å². The second-order valence-corrected chi connectivity index (χ2v) is 7.44. The number of unbranched alkanes of at least 4 members (excludes halogenated alkanes) is 15. The predicted molar refractivity (Wildman–Crippen MR) is 99.9 cm³/mol. The first kappa shape index (κ1) is 26.0. The van der Waals surface area contributed by atoms with Gasteiger partial charge < -0.3 is 19.5 Å². The number of hydrogen-bond donors (Lipinski definition) is 3. The zero-order chi connectivity index (χ0) is 18.5. The number of carbonyl (C=O) groups excluding carboxylic acids is 1. The van der Waals surface area contributed by atoms with Gasteiger partial charge in [-0.2, -0.15) is 0 Å². The molecule has 6 heteroatoms. The van der Waals surface area contributed by atoms with Crippen LogP contribution in [0.25, 0.3) is 0 Å². The Labute approximate surface area is 148 Å². The van der Waals surface area contributed by atoms with Crippen molar-refractivity contribution in [3.8, 4) is 0 Å². The molecule has 0 fully saturated rings. The van der Waals surface area contributed by atoms with Crippen molar-refractivity contribution in [2.45, 2.75) is 110 Å². The zero-order valence-corrected chi connectivity index (χ0v) is 16.4. The molecule has 0 aromatic carbocycles. The van der Waals surface area contributed by atoms with Crippen molar-refractivity contribution in [1.29, 1.82) is 0 Å². The maximum atomic E-state index is 10.1. The van der Waals surface area contributed by atoms with E-state index in [2.05, 4.69) is 6.92 Å². The fourth-order valence-corrected chi connectivity index (χ4v) is 2.60. The van der Waals surface area contributed by atoms with Crippen LogP contribution in [0.2, 0.25) is 0 Å². The third-order valence-corrected chi connectivity index (χ3v) is 3.93. The molecule has 0 aliphatic carbocycles. The number of carbonyl (C=O) groups is 1. The second kappa shape index (κ2) is 20.8. The minimum absolute atomic E-state index is 0.762. The summed E-state index contributed by atoms with van der Waals surface area (Å²) in [6, 6.07) is 0. The summed E-state index contributed by atoms with van der Waals surface area (Å²) in [5, 5.41) is 0. The third kappa shape index (κ3) is 37.8. The number of hydrogen-bond acceptors (Lipinski definition) is 2. The summed E-state index contributed by atoms with van der Waals surface area (Å²) in [6.07, 6.45) is 22.6. The van der Waals surface area contributed by atoms with Gasteiger partial charge in [-0.3, -0.25) is 0 Å². The topological polar surface area (TPSA) is 94.8 Å². The van der Waals surface area contributed by atoms with Gasteiger partial charge in [-0.15, -0.1) is 0 Å². The molecule has 0 radical (unpaired) electrons. The Kier molecular flexibility index (Phi) is 22.6. The third-order valence-electron chi connectivity index (χ3n) is 3.93. The minimum atomic E-state index is -4.64. The van der Waals surface area contributed by atoms with Crippen LogP contribution in [-0.2, 0) is 9.36 Å². The van der Waals surface area contributed by atoms with Gasteiger partial charge in [-0.25, -0.2) is 4.57 Å². The molecule has 0 amide bonds. The van der Waals surface area contributed by atoms with Crippen LogP contribution in [0.1, 0.15) is 110 Å². The predicted octanol–water partition coefficient (Wildman–Crippen LogP) is 5.52. The molecule has 3 N–H and O–H groups in total. The molecule has 0 rings (SSSR count). The highest BCUT2D eigenvalue weighted by atomic mass is 31.2. The van der Waals surface area contributed by atoms with E-state index in [0.29, 0.717) is 0 Å². The first-order valence-electron chi connectivity index (χ1n) is 9.63. The first-order chi connectivity index (χ1) is 11.4. The van der Waals surface area contributed by atoms with Crippen molar-refractivity contribution in [2.75, 3.05) is 0 Å². The lowest BCUT2D eigenvalue weighted by atomic mass is 10.0. The van der Waals surface area contributed by atoms with Gasteiger partial charge in [0.2, 0.25) is 0 Å². The van der Waals surface area contributed by atoms with Gasteiger partial charge in [0.15, 0.2) is 0 Å². The van der Waals surface area contributed by atoms with E-state index in [1.54, 1.807) is 0 Å². The molecule has 0 aromatic heterocycles. The van der Waals surface area contributed by atoms with Gasteiger partial charge in [-0.1, -0.05) is 96.8 Å². The fourth-order valence-electron chi connectivity index (χ4n) is 2.60. The molecule has 24 heavy (non-hydrogen) atoms. The second-order valence-electron chi connectivity index (χ2n) is 6.42. The Morgan fingerprint density at radius 3 is 1.12 bits per heavy atom. The van der Waals surface area contributed by atoms with Crippen LogP contribution in [0.4, 0.5) is 0 Å². The van der Waals surface area contributed by atoms with Crippen LogP contribution in [-0.4, -0.2) is 21.0 Å². The minimum Gasteiger partial charge on any atom is -0.303 e. The van der Waals surface area contributed by atoms with Crippen molar-refractivity contribution < 1.29 is 24.0 Å². The molecule has 0 saturated carbocycles. The van der Waals surface area contributed by atoms with Gasteiger partial charge in [0.25, 0.3) is 0 Å². The molecule has 5 nitrogen and oxygen atoms in total. The van der Waals surface area contributed by atoms with Crippen molar-refractivity contribution in [2.24, 2.45) is 0 Å². The summed E-state index contributed by atoms with van der Waals surface area (Å²) in [4.78, 5) is 31.7. The van der Waals surface area contributed by atoms with E-state index in [-0.39, 0.29) is 0 Å². The standard InChI is InChI=1S/C18H36O.H3O4P/c1-2-3-4-5-6-7-8-9-10-11-12-13-14-15-16-17-18-19;1-5(2,3)4/h18H,2-17H2,1H3;(H3,1,2,3,4). The normalized spacial score (nSPS) is 11.0. The molecule has 146 valence electrons. The molecular weight excluding hydrogens is 327 g/mol. The SMILES string of the molecule is CCCCCCCCCCCCCCCCCC=O.O=P(O)(O)O. The monoisotopic (exact) mass is 366 g/mol. The lowest BCUT2D eigenvalue weighted by molar-refractivity contribution is -0.107. The van der Waals surface area contributed by atoms with Crippen LogP contribution < -0.4 is 0 Å². The summed E-state index contributed by atoms with van der Waals surface area (Å²) in [7, 11) is -4.64. The molecule has 0 unspecified atom stereocenters. The van der Waals surface area contributed by atoms with E-state index in [4.69, 9.17) is 19.2 Å². The Bertz CT molecular complexity index is 283. The van der Waals surface area contributed by atoms with E-state index in [1.807, 2.05) is 0 Å². The van der Waals surface area contributed by atoms with Crippen LogP contribution in [0, 0.1) is 0 Å². The van der Waals surface area contributed by atoms with E-state index < -0.39 is 7.82 Å². The van der Waals surface area contributed by atoms with Gasteiger partial charge in [-0.05, 0) is 6.42 Å². The van der Waals surface area contributed by atoms with E-state index >= 15 is 0 Å². The lowest BCUT2D eigenvalue weighted by Crippen LogP contribution is -1.83. The molecule has 0 aliphatic heterocycles. The maximum Gasteiger partial charge on any atom is 0.466 e. The highest BCUT2D eigenvalue weighted by Gasteiger charge is 2.00. The van der Waals surface area contributed by atoms with Crippen molar-refractivity contribution in [3.05, 3.63) is 0 Å². The Morgan fingerprint density at radius 1 is 0.625 bits per heavy atom. The summed E-state index contributed by atoms with van der Waals surface area (Å²) >= 11 is 0. The molecule has 0 heterocycles. The summed E-state index contributed by atoms with van der Waals surface area (Å²) < 4.78 is 8.88. The van der Waals surface area contributed by atoms with Crippen LogP contribution in [0.15, 0.2) is 0 Å². The quantitative estimate of drug-likeness (QED) is 0.190. The van der Waals surface area contributed by atoms with Gasteiger partial charge >= 0.3 is 7.82 Å². The van der Waals surface area contributed by atoms with Crippen molar-refractivity contribution in [1.82, 2.24) is 0 Å². The number of phosphoric acid groups is 1. The molecule has 0 bridgehead atoms. The van der Waals surface area contributed by atoms with E-state index in [9.17, 15) is 4.79 Å². The number of rotatable bonds is 16. The summed E-state index contributed by atoms with van der Waals surface area (Å²) in [5.74, 6) is 0. The van der Waals surface area contributed by atoms with Crippen LogP contribution in [0.5, 0.6) is 0 Å². The average molecular weight is 366 g/mol. The van der Waals surface area contributed by atoms with Gasteiger partial charge in [0, 0.05) is 6.42 Å². The average Bonchev–Trinajstić information content (AvgIpc) is 2.49. The first-order valence-corrected chi connectivity index (χ1v) is 11.2. The number of aldehydes is 1. The lowest BCUT2D eigenvalue weighted by Gasteiger charge is -2.02. The molecule has 0 saturated heterocycles. The smallest absolute Gasteiger partial charge is 0.303 e. The Morgan fingerprint density at radius 2 is 0.875 bits per heavy atom. The van der Waals surface area contributed by atoms with Crippen LogP contribution in [0.3, 0.4) is 0 Å². The molecule has 0 aliphatic rings. The largest absolute Gasteiger partial charge is 0.466 e. The summed E-state index contributed by atoms with van der Waals surface area (Å²) in [6.45, 7) is 2.28. The van der Waals surface area contributed by atoms with Crippen molar-refractivity contribution >= 4 is 14.1 Å². The highest BCUT2D eigenvalue weighted by Crippen LogP contribution is 2.25. The molecule has 0 atom stereocenters. The molecule has 0 spiro atoms. The highest BCUT2D eigenvalue weighted by molar-refractivity contribution is 7.45. The van der Waals surface area contributed by atoms with Gasteiger partial charge in [0.1, 0.15) is 6.29 Å². The van der Waals surface area contributed by atoms with Crippen LogP contribution >= 0.6 is 7.82 Å². The van der Waals surface area contributed by atoms with Gasteiger partial charge in [0.05, 0.1) is 0 Å². The fraction of sp³-hybridized carbons (Fsp3) is 0.944. The Hall–Kier alpha value is -0.220.